The summed E-state index contributed by atoms with van der Waals surface area (Å²) in [5, 5.41) is 3.03. The summed E-state index contributed by atoms with van der Waals surface area (Å²) in [5.74, 6) is 1.80. The first-order chi connectivity index (χ1) is 21.8. The molecule has 2 N–H and O–H groups in total. The van der Waals surface area contributed by atoms with E-state index in [0.717, 1.165) is 79.7 Å². The molecule has 3 heterocycles. The first-order valence-corrected chi connectivity index (χ1v) is 16.6. The number of amides is 1. The summed E-state index contributed by atoms with van der Waals surface area (Å²) in [7, 11) is 0. The van der Waals surface area contributed by atoms with Crippen LogP contribution in [0.4, 0.5) is 11.4 Å². The van der Waals surface area contributed by atoms with Gasteiger partial charge in [-0.25, -0.2) is 4.98 Å². The fourth-order valence-corrected chi connectivity index (χ4v) is 6.37. The molecule has 0 bridgehead atoms. The molecule has 0 aliphatic carbocycles. The summed E-state index contributed by atoms with van der Waals surface area (Å²) < 4.78 is 6.05. The highest BCUT2D eigenvalue weighted by molar-refractivity contribution is 5.92. The molecule has 1 aromatic heterocycles. The molecule has 8 nitrogen and oxygen atoms in total. The molecule has 0 spiro atoms. The number of hydrogen-bond donors (Lipinski definition) is 2. The Morgan fingerprint density at radius 3 is 2.24 bits per heavy atom. The standard InChI is InChI=1S/C37H48N6O2/c1-37(2,3)29-13-11-28(12-14-29)36-39-32-9-8-10-33(35(32)40-36)43-23-21-41(22-24-43)25-26-45-31-17-15-30(16-18-31)38-34(44)27-42-19-6-4-5-7-20-42/h8-18H,4-7,19-27H2,1-3H3,(H,38,44)(H,39,40). The van der Waals surface area contributed by atoms with Crippen molar-refractivity contribution in [3.05, 3.63) is 72.3 Å². The third-order valence-electron chi connectivity index (χ3n) is 9.11. The van der Waals surface area contributed by atoms with E-state index in [2.05, 4.69) is 88.2 Å². The van der Waals surface area contributed by atoms with Gasteiger partial charge >= 0.3 is 0 Å². The summed E-state index contributed by atoms with van der Waals surface area (Å²) in [6.07, 6.45) is 4.91. The highest BCUT2D eigenvalue weighted by Crippen LogP contribution is 2.30. The number of para-hydroxylation sites is 1. The maximum Gasteiger partial charge on any atom is 0.238 e. The molecule has 8 heteroatoms. The monoisotopic (exact) mass is 608 g/mol. The maximum absolute atomic E-state index is 12.5. The van der Waals surface area contributed by atoms with Crippen molar-refractivity contribution in [3.63, 3.8) is 0 Å². The lowest BCUT2D eigenvalue weighted by molar-refractivity contribution is -0.117. The van der Waals surface area contributed by atoms with Crippen molar-refractivity contribution in [2.24, 2.45) is 0 Å². The van der Waals surface area contributed by atoms with Gasteiger partial charge in [-0.2, -0.15) is 0 Å². The van der Waals surface area contributed by atoms with Crippen molar-refractivity contribution in [3.8, 4) is 17.1 Å². The number of fused-ring (bicyclic) bond motifs is 1. The molecule has 45 heavy (non-hydrogen) atoms. The highest BCUT2D eigenvalue weighted by atomic mass is 16.5. The van der Waals surface area contributed by atoms with E-state index in [1.54, 1.807) is 0 Å². The van der Waals surface area contributed by atoms with Crippen LogP contribution in [0.15, 0.2) is 66.7 Å². The zero-order chi connectivity index (χ0) is 31.2. The van der Waals surface area contributed by atoms with E-state index >= 15 is 0 Å². The Bertz CT molecular complexity index is 1540. The Hall–Kier alpha value is -3.88. The minimum absolute atomic E-state index is 0.0552. The van der Waals surface area contributed by atoms with Crippen molar-refractivity contribution < 1.29 is 9.53 Å². The van der Waals surface area contributed by atoms with E-state index in [-0.39, 0.29) is 11.3 Å². The van der Waals surface area contributed by atoms with Crippen LogP contribution in [0.3, 0.4) is 0 Å². The first-order valence-electron chi connectivity index (χ1n) is 16.6. The van der Waals surface area contributed by atoms with E-state index in [0.29, 0.717) is 13.2 Å². The number of likely N-dealkylation sites (tertiary alicyclic amines) is 1. The maximum atomic E-state index is 12.5. The predicted molar refractivity (Wildman–Crippen MR) is 184 cm³/mol. The molecule has 3 aromatic carbocycles. The van der Waals surface area contributed by atoms with Crippen molar-refractivity contribution in [2.45, 2.75) is 51.9 Å². The Balaban J connectivity index is 0.964. The zero-order valence-electron chi connectivity index (χ0n) is 27.1. The molecular weight excluding hydrogens is 560 g/mol. The summed E-state index contributed by atoms with van der Waals surface area (Å²) >= 11 is 0. The molecule has 2 aliphatic heterocycles. The second kappa shape index (κ2) is 14.0. The number of rotatable bonds is 9. The van der Waals surface area contributed by atoms with E-state index in [1.807, 2.05) is 24.3 Å². The first kappa shape index (κ1) is 31.1. The number of nitrogens with zero attached hydrogens (tertiary/aromatic N) is 4. The number of H-pyrrole nitrogens is 1. The van der Waals surface area contributed by atoms with Gasteiger partial charge in [0.1, 0.15) is 23.7 Å². The van der Waals surface area contributed by atoms with Gasteiger partial charge in [0.2, 0.25) is 5.91 Å². The molecule has 0 saturated carbocycles. The lowest BCUT2D eigenvalue weighted by Crippen LogP contribution is -2.47. The van der Waals surface area contributed by atoms with Crippen LogP contribution in [0.2, 0.25) is 0 Å². The van der Waals surface area contributed by atoms with Gasteiger partial charge in [0.25, 0.3) is 0 Å². The molecule has 238 valence electrons. The summed E-state index contributed by atoms with van der Waals surface area (Å²) in [5.41, 5.74) is 6.67. The third kappa shape index (κ3) is 8.05. The van der Waals surface area contributed by atoms with Gasteiger partial charge in [-0.1, -0.05) is 63.9 Å². The van der Waals surface area contributed by atoms with Gasteiger partial charge in [0.15, 0.2) is 0 Å². The minimum atomic E-state index is 0.0552. The summed E-state index contributed by atoms with van der Waals surface area (Å²) in [6, 6.07) is 22.9. The minimum Gasteiger partial charge on any atom is -0.492 e. The summed E-state index contributed by atoms with van der Waals surface area (Å²) in [4.78, 5) is 28.3. The molecule has 0 unspecified atom stereocenters. The number of ether oxygens (including phenoxy) is 1. The van der Waals surface area contributed by atoms with Gasteiger partial charge in [-0.05, 0) is 73.3 Å². The fourth-order valence-electron chi connectivity index (χ4n) is 6.37. The molecule has 0 atom stereocenters. The lowest BCUT2D eigenvalue weighted by Gasteiger charge is -2.36. The van der Waals surface area contributed by atoms with Crippen molar-refractivity contribution >= 4 is 28.3 Å². The summed E-state index contributed by atoms with van der Waals surface area (Å²) in [6.45, 7) is 14.6. The highest BCUT2D eigenvalue weighted by Gasteiger charge is 2.21. The van der Waals surface area contributed by atoms with E-state index in [4.69, 9.17) is 9.72 Å². The number of piperazine rings is 1. The Labute approximate surface area is 267 Å². The molecule has 2 aliphatic rings. The Morgan fingerprint density at radius 1 is 0.844 bits per heavy atom. The number of carbonyl (C=O) groups is 1. The van der Waals surface area contributed by atoms with Crippen molar-refractivity contribution in [2.75, 3.05) is 69.2 Å². The van der Waals surface area contributed by atoms with Gasteiger partial charge in [0, 0.05) is 44.0 Å². The number of aromatic amines is 1. The lowest BCUT2D eigenvalue weighted by atomic mass is 9.87. The number of anilines is 2. The van der Waals surface area contributed by atoms with Crippen LogP contribution in [0.25, 0.3) is 22.4 Å². The van der Waals surface area contributed by atoms with Crippen LogP contribution in [-0.4, -0.2) is 84.6 Å². The Morgan fingerprint density at radius 2 is 1.56 bits per heavy atom. The fraction of sp³-hybridized carbons (Fsp3) is 0.459. The van der Waals surface area contributed by atoms with Gasteiger partial charge in [-0.3, -0.25) is 14.6 Å². The zero-order valence-corrected chi connectivity index (χ0v) is 27.1. The van der Waals surface area contributed by atoms with Crippen LogP contribution < -0.4 is 15.0 Å². The average Bonchev–Trinajstić information content (AvgIpc) is 3.32. The second-order valence-electron chi connectivity index (χ2n) is 13.5. The molecule has 4 aromatic rings. The third-order valence-corrected chi connectivity index (χ3v) is 9.11. The molecule has 2 fully saturated rings. The molecule has 0 radical (unpaired) electrons. The molecule has 2 saturated heterocycles. The largest absolute Gasteiger partial charge is 0.492 e. The number of aromatic nitrogens is 2. The SMILES string of the molecule is CC(C)(C)c1ccc(-c2nc3c(N4CCN(CCOc5ccc(NC(=O)CN6CCCCCC6)cc5)CC4)cccc3[nH]2)cc1. The quantitative estimate of drug-likeness (QED) is 0.225. The van der Waals surface area contributed by atoms with Gasteiger partial charge in [-0.15, -0.1) is 0 Å². The second-order valence-corrected chi connectivity index (χ2v) is 13.5. The number of hydrogen-bond acceptors (Lipinski definition) is 6. The van der Waals surface area contributed by atoms with Crippen LogP contribution in [0.1, 0.15) is 52.0 Å². The van der Waals surface area contributed by atoms with Crippen molar-refractivity contribution in [1.29, 1.82) is 0 Å². The van der Waals surface area contributed by atoms with E-state index < -0.39 is 0 Å². The van der Waals surface area contributed by atoms with Crippen molar-refractivity contribution in [1.82, 2.24) is 19.8 Å². The normalized spacial score (nSPS) is 16.9. The Kier molecular flexibility index (Phi) is 9.71. The smallest absolute Gasteiger partial charge is 0.238 e. The van der Waals surface area contributed by atoms with E-state index in [1.165, 1.54) is 36.9 Å². The van der Waals surface area contributed by atoms with Crippen LogP contribution in [0, 0.1) is 0 Å². The number of nitrogens with one attached hydrogen (secondary N) is 2. The van der Waals surface area contributed by atoms with Crippen LogP contribution in [-0.2, 0) is 10.2 Å². The van der Waals surface area contributed by atoms with Crippen LogP contribution >= 0.6 is 0 Å². The van der Waals surface area contributed by atoms with E-state index in [9.17, 15) is 4.79 Å². The van der Waals surface area contributed by atoms with Gasteiger partial charge < -0.3 is 19.9 Å². The number of imidazole rings is 1. The average molecular weight is 609 g/mol. The number of carbonyl (C=O) groups excluding carboxylic acids is 1. The molecule has 6 rings (SSSR count). The topological polar surface area (TPSA) is 76.7 Å². The molecule has 1 amide bonds. The number of benzene rings is 3. The predicted octanol–water partition coefficient (Wildman–Crippen LogP) is 6.54. The van der Waals surface area contributed by atoms with Gasteiger partial charge in [0.05, 0.1) is 17.7 Å². The molecular formula is C37H48N6O2. The van der Waals surface area contributed by atoms with Crippen LogP contribution in [0.5, 0.6) is 5.75 Å².